The van der Waals surface area contributed by atoms with Crippen LogP contribution in [0.25, 0.3) is 0 Å². The molecule has 0 aliphatic carbocycles. The molecule has 0 radical (unpaired) electrons. The maximum Gasteiger partial charge on any atom is 0.244 e. The Bertz CT molecular complexity index is 470. The lowest BCUT2D eigenvalue weighted by atomic mass is 9.96. The summed E-state index contributed by atoms with van der Waals surface area (Å²) in [7, 11) is 1.88. The molecule has 1 saturated heterocycles. The second kappa shape index (κ2) is 5.21. The fourth-order valence-electron chi connectivity index (χ4n) is 2.67. The maximum absolute atomic E-state index is 12.3. The number of benzene rings is 1. The Labute approximate surface area is 115 Å². The molecule has 0 bridgehead atoms. The van der Waals surface area contributed by atoms with Gasteiger partial charge in [-0.3, -0.25) is 4.79 Å². The molecule has 1 unspecified atom stereocenters. The van der Waals surface area contributed by atoms with E-state index in [2.05, 4.69) is 48.4 Å². The van der Waals surface area contributed by atoms with Crippen molar-refractivity contribution >= 4 is 11.6 Å². The number of anilines is 1. The molecule has 1 aliphatic rings. The van der Waals surface area contributed by atoms with Crippen LogP contribution in [0.3, 0.4) is 0 Å². The Morgan fingerprint density at radius 1 is 1.42 bits per heavy atom. The monoisotopic (exact) mass is 261 g/mol. The number of piperazine rings is 1. The predicted molar refractivity (Wildman–Crippen MR) is 78.5 cm³/mol. The molecule has 104 valence electrons. The number of carbonyl (C=O) groups excluding carboxylic acids is 1. The van der Waals surface area contributed by atoms with Gasteiger partial charge in [0.25, 0.3) is 0 Å². The number of hydrogen-bond donors (Lipinski definition) is 2. The van der Waals surface area contributed by atoms with E-state index in [1.807, 2.05) is 19.2 Å². The van der Waals surface area contributed by atoms with Crippen LogP contribution < -0.4 is 15.5 Å². The van der Waals surface area contributed by atoms with E-state index in [-0.39, 0.29) is 17.5 Å². The minimum atomic E-state index is -0.205. The second-order valence-electron chi connectivity index (χ2n) is 5.86. The van der Waals surface area contributed by atoms with Gasteiger partial charge in [-0.05, 0) is 39.4 Å². The zero-order valence-electron chi connectivity index (χ0n) is 12.2. The van der Waals surface area contributed by atoms with Gasteiger partial charge < -0.3 is 15.5 Å². The lowest BCUT2D eigenvalue weighted by molar-refractivity contribution is -0.125. The maximum atomic E-state index is 12.3. The van der Waals surface area contributed by atoms with Crippen LogP contribution in [0.5, 0.6) is 0 Å². The number of rotatable bonds is 3. The van der Waals surface area contributed by atoms with Crippen molar-refractivity contribution < 1.29 is 4.79 Å². The first-order valence-corrected chi connectivity index (χ1v) is 6.73. The van der Waals surface area contributed by atoms with Crippen LogP contribution >= 0.6 is 0 Å². The van der Waals surface area contributed by atoms with Crippen molar-refractivity contribution in [3.63, 3.8) is 0 Å². The van der Waals surface area contributed by atoms with Crippen LogP contribution in [0.15, 0.2) is 24.3 Å². The van der Waals surface area contributed by atoms with E-state index < -0.39 is 0 Å². The Kier molecular flexibility index (Phi) is 3.80. The number of hydrogen-bond acceptors (Lipinski definition) is 3. The Hall–Kier alpha value is -1.55. The summed E-state index contributed by atoms with van der Waals surface area (Å²) < 4.78 is 0. The van der Waals surface area contributed by atoms with E-state index >= 15 is 0 Å². The average Bonchev–Trinajstić information content (AvgIpc) is 2.32. The number of amides is 1. The zero-order chi connectivity index (χ0) is 14.0. The normalized spacial score (nSPS) is 22.2. The van der Waals surface area contributed by atoms with Crippen LogP contribution in [0, 0.1) is 6.92 Å². The lowest BCUT2D eigenvalue weighted by Crippen LogP contribution is -2.67. The smallest absolute Gasteiger partial charge is 0.244 e. The molecule has 19 heavy (non-hydrogen) atoms. The molecule has 0 aromatic heterocycles. The first kappa shape index (κ1) is 13.9. The van der Waals surface area contributed by atoms with Crippen molar-refractivity contribution in [1.29, 1.82) is 0 Å². The topological polar surface area (TPSA) is 44.4 Å². The van der Waals surface area contributed by atoms with Gasteiger partial charge in [-0.1, -0.05) is 18.2 Å². The third-order valence-corrected chi connectivity index (χ3v) is 3.53. The Morgan fingerprint density at radius 2 is 2.11 bits per heavy atom. The van der Waals surface area contributed by atoms with Gasteiger partial charge >= 0.3 is 0 Å². The van der Waals surface area contributed by atoms with Gasteiger partial charge in [-0.2, -0.15) is 0 Å². The molecule has 2 rings (SSSR count). The van der Waals surface area contributed by atoms with E-state index in [9.17, 15) is 4.79 Å². The number of likely N-dealkylation sites (N-methyl/N-ethyl adjacent to an activating group) is 1. The van der Waals surface area contributed by atoms with E-state index in [0.717, 1.165) is 12.2 Å². The molecule has 2 N–H and O–H groups in total. The third-order valence-electron chi connectivity index (χ3n) is 3.53. The quantitative estimate of drug-likeness (QED) is 0.862. The van der Waals surface area contributed by atoms with Gasteiger partial charge in [-0.15, -0.1) is 0 Å². The zero-order valence-corrected chi connectivity index (χ0v) is 12.2. The predicted octanol–water partition coefficient (Wildman–Crippen LogP) is 1.30. The van der Waals surface area contributed by atoms with Crippen molar-refractivity contribution in [3.05, 3.63) is 29.8 Å². The summed E-state index contributed by atoms with van der Waals surface area (Å²) >= 11 is 0. The van der Waals surface area contributed by atoms with Crippen molar-refractivity contribution in [1.82, 2.24) is 10.6 Å². The van der Waals surface area contributed by atoms with Gasteiger partial charge in [0, 0.05) is 18.8 Å². The summed E-state index contributed by atoms with van der Waals surface area (Å²) in [5.74, 6) is 0.0915. The first-order chi connectivity index (χ1) is 8.94. The summed E-state index contributed by atoms with van der Waals surface area (Å²) in [4.78, 5) is 14.5. The first-order valence-electron chi connectivity index (χ1n) is 6.73. The molecule has 4 heteroatoms. The van der Waals surface area contributed by atoms with Crippen LogP contribution in [-0.2, 0) is 4.79 Å². The minimum Gasteiger partial charge on any atom is -0.356 e. The Morgan fingerprint density at radius 3 is 2.74 bits per heavy atom. The molecular formula is C15H23N3O. The molecule has 1 aliphatic heterocycles. The molecule has 1 aromatic rings. The van der Waals surface area contributed by atoms with Crippen molar-refractivity contribution in [2.24, 2.45) is 0 Å². The SMILES string of the molecule is CNCC1C(=O)NC(C)(C)CN1c1ccccc1C. The number of carbonyl (C=O) groups is 1. The fraction of sp³-hybridized carbons (Fsp3) is 0.533. The molecule has 4 nitrogen and oxygen atoms in total. The van der Waals surface area contributed by atoms with Gasteiger partial charge in [0.15, 0.2) is 0 Å². The highest BCUT2D eigenvalue weighted by Gasteiger charge is 2.38. The largest absolute Gasteiger partial charge is 0.356 e. The molecule has 0 spiro atoms. The lowest BCUT2D eigenvalue weighted by Gasteiger charge is -2.45. The highest BCUT2D eigenvalue weighted by atomic mass is 16.2. The fourth-order valence-corrected chi connectivity index (χ4v) is 2.67. The molecule has 1 aromatic carbocycles. The van der Waals surface area contributed by atoms with Crippen molar-refractivity contribution in [2.75, 3.05) is 25.0 Å². The number of aryl methyl sites for hydroxylation is 1. The number of para-hydroxylation sites is 1. The second-order valence-corrected chi connectivity index (χ2v) is 5.86. The highest BCUT2D eigenvalue weighted by Crippen LogP contribution is 2.26. The van der Waals surface area contributed by atoms with Crippen LogP contribution in [0.2, 0.25) is 0 Å². The summed E-state index contributed by atoms with van der Waals surface area (Å²) in [5, 5.41) is 6.20. The van der Waals surface area contributed by atoms with E-state index in [1.165, 1.54) is 5.56 Å². The van der Waals surface area contributed by atoms with Crippen LogP contribution in [-0.4, -0.2) is 37.6 Å². The summed E-state index contributed by atoms with van der Waals surface area (Å²) in [6, 6.07) is 8.08. The van der Waals surface area contributed by atoms with Crippen molar-refractivity contribution in [3.8, 4) is 0 Å². The number of nitrogens with one attached hydrogen (secondary N) is 2. The number of nitrogens with zero attached hydrogens (tertiary/aromatic N) is 1. The summed E-state index contributed by atoms with van der Waals surface area (Å²) in [6.45, 7) is 7.68. The molecular weight excluding hydrogens is 238 g/mol. The average molecular weight is 261 g/mol. The molecule has 1 amide bonds. The third kappa shape index (κ3) is 2.89. The van der Waals surface area contributed by atoms with Gasteiger partial charge in [0.1, 0.15) is 6.04 Å². The van der Waals surface area contributed by atoms with E-state index in [4.69, 9.17) is 0 Å². The van der Waals surface area contributed by atoms with Crippen molar-refractivity contribution in [2.45, 2.75) is 32.4 Å². The van der Waals surface area contributed by atoms with Crippen LogP contribution in [0.1, 0.15) is 19.4 Å². The standard InChI is InChI=1S/C15H23N3O/c1-11-7-5-6-8-12(11)18-10-15(2,3)17-14(19)13(18)9-16-4/h5-8,13,16H,9-10H2,1-4H3,(H,17,19). The molecule has 1 atom stereocenters. The van der Waals surface area contributed by atoms with Gasteiger partial charge in [0.05, 0.1) is 5.54 Å². The summed E-state index contributed by atoms with van der Waals surface area (Å²) in [5.41, 5.74) is 2.14. The highest BCUT2D eigenvalue weighted by molar-refractivity contribution is 5.88. The van der Waals surface area contributed by atoms with Gasteiger partial charge in [-0.25, -0.2) is 0 Å². The molecule has 1 heterocycles. The van der Waals surface area contributed by atoms with E-state index in [0.29, 0.717) is 6.54 Å². The summed E-state index contributed by atoms with van der Waals surface area (Å²) in [6.07, 6.45) is 0. The van der Waals surface area contributed by atoms with Crippen LogP contribution in [0.4, 0.5) is 5.69 Å². The molecule has 1 fully saturated rings. The van der Waals surface area contributed by atoms with E-state index in [1.54, 1.807) is 0 Å². The molecule has 0 saturated carbocycles. The Balaban J connectivity index is 2.37. The minimum absolute atomic E-state index is 0.0915. The van der Waals surface area contributed by atoms with Gasteiger partial charge in [0.2, 0.25) is 5.91 Å².